The second-order valence-electron chi connectivity index (χ2n) is 6.55. The fraction of sp³-hybridized carbons (Fsp3) is 0.0455. The number of aryl methyl sites for hydroxylation is 1. The molecule has 2 aromatic heterocycles. The van der Waals surface area contributed by atoms with Gasteiger partial charge in [-0.05, 0) is 43.3 Å². The Bertz CT molecular complexity index is 1280. The largest absolute Gasteiger partial charge is 0.355 e. The van der Waals surface area contributed by atoms with Crippen LogP contribution in [0.25, 0.3) is 21.8 Å². The molecule has 0 aliphatic heterocycles. The standard InChI is InChI=1S/C22H18N6/c1-14-23-18-12-7-13-19(25-15-8-3-2-4-9-15)20(18)22(24-14)26-21-16-10-5-6-11-17(16)27-28-21/h2-13,25H,1H3,(H2,23,24,26,27,28). The summed E-state index contributed by atoms with van der Waals surface area (Å²) in [5.74, 6) is 2.16. The van der Waals surface area contributed by atoms with Gasteiger partial charge in [0.25, 0.3) is 0 Å². The van der Waals surface area contributed by atoms with Gasteiger partial charge in [0.1, 0.15) is 11.6 Å². The molecule has 5 aromatic rings. The van der Waals surface area contributed by atoms with Gasteiger partial charge in [-0.2, -0.15) is 5.10 Å². The number of para-hydroxylation sites is 2. The number of nitrogens with one attached hydrogen (secondary N) is 3. The minimum Gasteiger partial charge on any atom is -0.355 e. The van der Waals surface area contributed by atoms with Gasteiger partial charge in [0.05, 0.1) is 22.1 Å². The lowest BCUT2D eigenvalue weighted by Gasteiger charge is -2.14. The van der Waals surface area contributed by atoms with Crippen molar-refractivity contribution in [2.24, 2.45) is 0 Å². The molecule has 6 heteroatoms. The van der Waals surface area contributed by atoms with Crippen LogP contribution in [0.4, 0.5) is 23.0 Å². The smallest absolute Gasteiger partial charge is 0.161 e. The molecule has 2 heterocycles. The molecule has 0 saturated heterocycles. The monoisotopic (exact) mass is 366 g/mol. The number of fused-ring (bicyclic) bond motifs is 2. The summed E-state index contributed by atoms with van der Waals surface area (Å²) >= 11 is 0. The number of aromatic nitrogens is 4. The minimum atomic E-state index is 0.701. The second-order valence-corrected chi connectivity index (χ2v) is 6.55. The van der Waals surface area contributed by atoms with E-state index in [0.29, 0.717) is 5.82 Å². The predicted molar refractivity (Wildman–Crippen MR) is 113 cm³/mol. The Morgan fingerprint density at radius 1 is 0.750 bits per heavy atom. The van der Waals surface area contributed by atoms with Crippen molar-refractivity contribution in [3.05, 3.63) is 78.6 Å². The summed E-state index contributed by atoms with van der Waals surface area (Å²) in [4.78, 5) is 9.28. The predicted octanol–water partition coefficient (Wildman–Crippen LogP) is 5.30. The summed E-state index contributed by atoms with van der Waals surface area (Å²) in [7, 11) is 0. The maximum atomic E-state index is 4.67. The van der Waals surface area contributed by atoms with Crippen molar-refractivity contribution in [3.63, 3.8) is 0 Å². The first-order valence-corrected chi connectivity index (χ1v) is 9.07. The number of rotatable bonds is 4. The number of hydrogen-bond donors (Lipinski definition) is 3. The lowest BCUT2D eigenvalue weighted by Crippen LogP contribution is -2.02. The topological polar surface area (TPSA) is 78.5 Å². The Balaban J connectivity index is 1.65. The Morgan fingerprint density at radius 3 is 2.46 bits per heavy atom. The zero-order valence-electron chi connectivity index (χ0n) is 15.3. The summed E-state index contributed by atoms with van der Waals surface area (Å²) in [5.41, 5.74) is 3.79. The quantitative estimate of drug-likeness (QED) is 0.402. The SMILES string of the molecule is Cc1nc(Nc2n[nH]c3ccccc23)c2c(Nc3ccccc3)cccc2n1. The van der Waals surface area contributed by atoms with Crippen molar-refractivity contribution < 1.29 is 0 Å². The van der Waals surface area contributed by atoms with Crippen LogP contribution in [0.1, 0.15) is 5.82 Å². The number of hydrogen-bond acceptors (Lipinski definition) is 5. The van der Waals surface area contributed by atoms with E-state index in [4.69, 9.17) is 0 Å². The van der Waals surface area contributed by atoms with Gasteiger partial charge in [-0.3, -0.25) is 5.10 Å². The van der Waals surface area contributed by atoms with Crippen molar-refractivity contribution in [3.8, 4) is 0 Å². The van der Waals surface area contributed by atoms with E-state index < -0.39 is 0 Å². The highest BCUT2D eigenvalue weighted by molar-refractivity contribution is 6.03. The number of nitrogens with zero attached hydrogens (tertiary/aromatic N) is 3. The highest BCUT2D eigenvalue weighted by atomic mass is 15.2. The highest BCUT2D eigenvalue weighted by Gasteiger charge is 2.13. The van der Waals surface area contributed by atoms with E-state index in [1.807, 2.05) is 79.7 Å². The summed E-state index contributed by atoms with van der Waals surface area (Å²) in [5, 5.41) is 16.3. The van der Waals surface area contributed by atoms with Gasteiger partial charge in [0.15, 0.2) is 5.82 Å². The van der Waals surface area contributed by atoms with Gasteiger partial charge >= 0.3 is 0 Å². The number of aromatic amines is 1. The molecule has 0 amide bonds. The van der Waals surface area contributed by atoms with Crippen LogP contribution in [0.3, 0.4) is 0 Å². The zero-order chi connectivity index (χ0) is 18.9. The van der Waals surface area contributed by atoms with Gasteiger partial charge in [-0.15, -0.1) is 0 Å². The van der Waals surface area contributed by atoms with E-state index in [9.17, 15) is 0 Å². The first-order chi connectivity index (χ1) is 13.8. The molecule has 0 atom stereocenters. The first-order valence-electron chi connectivity index (χ1n) is 9.07. The third kappa shape index (κ3) is 2.91. The van der Waals surface area contributed by atoms with E-state index in [1.165, 1.54) is 0 Å². The minimum absolute atomic E-state index is 0.701. The molecule has 6 nitrogen and oxygen atoms in total. The molecule has 3 N–H and O–H groups in total. The van der Waals surface area contributed by atoms with Crippen LogP contribution in [0, 0.1) is 6.92 Å². The molecule has 28 heavy (non-hydrogen) atoms. The van der Waals surface area contributed by atoms with Crippen molar-refractivity contribution in [1.82, 2.24) is 20.2 Å². The maximum absolute atomic E-state index is 4.67. The van der Waals surface area contributed by atoms with Gasteiger partial charge in [0, 0.05) is 11.1 Å². The summed E-state index contributed by atoms with van der Waals surface area (Å²) in [6, 6.07) is 24.1. The second kappa shape index (κ2) is 6.66. The van der Waals surface area contributed by atoms with Crippen molar-refractivity contribution in [2.75, 3.05) is 10.6 Å². The van der Waals surface area contributed by atoms with Gasteiger partial charge in [0.2, 0.25) is 0 Å². The fourth-order valence-electron chi connectivity index (χ4n) is 3.34. The number of anilines is 4. The lowest BCUT2D eigenvalue weighted by molar-refractivity contribution is 1.08. The van der Waals surface area contributed by atoms with E-state index in [1.54, 1.807) is 0 Å². The van der Waals surface area contributed by atoms with Crippen LogP contribution in [-0.2, 0) is 0 Å². The van der Waals surface area contributed by atoms with E-state index in [2.05, 4.69) is 30.8 Å². The van der Waals surface area contributed by atoms with Crippen LogP contribution in [0.5, 0.6) is 0 Å². The molecule has 0 aliphatic carbocycles. The highest BCUT2D eigenvalue weighted by Crippen LogP contribution is 2.33. The summed E-state index contributed by atoms with van der Waals surface area (Å²) in [6.07, 6.45) is 0. The molecule has 0 spiro atoms. The van der Waals surface area contributed by atoms with E-state index in [-0.39, 0.29) is 0 Å². The Labute approximate surface area is 161 Å². The molecule has 0 bridgehead atoms. The lowest BCUT2D eigenvalue weighted by atomic mass is 10.1. The third-order valence-corrected chi connectivity index (χ3v) is 4.60. The van der Waals surface area contributed by atoms with Crippen LogP contribution in [-0.4, -0.2) is 20.2 Å². The molecule has 0 unspecified atom stereocenters. The Kier molecular flexibility index (Phi) is 3.87. The summed E-state index contributed by atoms with van der Waals surface area (Å²) < 4.78 is 0. The molecular formula is C22H18N6. The molecule has 0 radical (unpaired) electrons. The molecule has 0 fully saturated rings. The Morgan fingerprint density at radius 2 is 1.57 bits per heavy atom. The van der Waals surface area contributed by atoms with E-state index >= 15 is 0 Å². The van der Waals surface area contributed by atoms with Crippen LogP contribution in [0.2, 0.25) is 0 Å². The van der Waals surface area contributed by atoms with Crippen LogP contribution in [0.15, 0.2) is 72.8 Å². The normalized spacial score (nSPS) is 11.0. The number of benzene rings is 3. The van der Waals surface area contributed by atoms with Crippen LogP contribution >= 0.6 is 0 Å². The number of H-pyrrole nitrogens is 1. The Hall–Kier alpha value is -3.93. The third-order valence-electron chi connectivity index (χ3n) is 4.60. The molecule has 0 saturated carbocycles. The van der Waals surface area contributed by atoms with Gasteiger partial charge in [-0.1, -0.05) is 36.4 Å². The van der Waals surface area contributed by atoms with Gasteiger partial charge in [-0.25, -0.2) is 9.97 Å². The average Bonchev–Trinajstić information content (AvgIpc) is 3.11. The zero-order valence-corrected chi connectivity index (χ0v) is 15.3. The molecule has 136 valence electrons. The van der Waals surface area contributed by atoms with Crippen molar-refractivity contribution in [1.29, 1.82) is 0 Å². The summed E-state index contributed by atoms with van der Waals surface area (Å²) in [6.45, 7) is 1.89. The van der Waals surface area contributed by atoms with Crippen molar-refractivity contribution in [2.45, 2.75) is 6.92 Å². The molecule has 5 rings (SSSR count). The molecular weight excluding hydrogens is 348 g/mol. The van der Waals surface area contributed by atoms with Crippen molar-refractivity contribution >= 4 is 44.8 Å². The maximum Gasteiger partial charge on any atom is 0.161 e. The van der Waals surface area contributed by atoms with E-state index in [0.717, 1.165) is 44.8 Å². The fourth-order valence-corrected chi connectivity index (χ4v) is 3.34. The van der Waals surface area contributed by atoms with Crippen LogP contribution < -0.4 is 10.6 Å². The molecule has 0 aliphatic rings. The first kappa shape index (κ1) is 16.3. The molecule has 3 aromatic carbocycles. The van der Waals surface area contributed by atoms with Gasteiger partial charge < -0.3 is 10.6 Å². The average molecular weight is 366 g/mol.